The maximum Gasteiger partial charge on any atom is 0.123 e. The Kier molecular flexibility index (Phi) is 6.46. The van der Waals surface area contributed by atoms with Crippen molar-refractivity contribution < 1.29 is 4.39 Å². The second-order valence-electron chi connectivity index (χ2n) is 9.67. The quantitative estimate of drug-likeness (QED) is 0.184. The van der Waals surface area contributed by atoms with Gasteiger partial charge in [-0.05, 0) is 64.7 Å². The van der Waals surface area contributed by atoms with Crippen molar-refractivity contribution >= 4 is 33.5 Å². The van der Waals surface area contributed by atoms with Crippen molar-refractivity contribution in [3.8, 4) is 22.3 Å². The van der Waals surface area contributed by atoms with Gasteiger partial charge in [-0.15, -0.1) is 0 Å². The van der Waals surface area contributed by atoms with Crippen molar-refractivity contribution in [3.63, 3.8) is 0 Å². The number of benzene rings is 4. The van der Waals surface area contributed by atoms with Gasteiger partial charge >= 0.3 is 0 Å². The molecule has 5 heteroatoms. The van der Waals surface area contributed by atoms with Gasteiger partial charge in [-0.1, -0.05) is 73.8 Å². The third-order valence-electron chi connectivity index (χ3n) is 7.01. The fourth-order valence-electron chi connectivity index (χ4n) is 4.89. The fraction of sp³-hybridized carbons (Fsp3) is 0. The molecule has 4 N–H and O–H groups in total. The number of nitrogen functional groups attached to an aromatic ring is 1. The van der Waals surface area contributed by atoms with Crippen LogP contribution in [0.5, 0.6) is 0 Å². The molecule has 0 fully saturated rings. The lowest BCUT2D eigenvalue weighted by Crippen LogP contribution is -1.98. The number of hydrogen-bond acceptors (Lipinski definition) is 3. The van der Waals surface area contributed by atoms with E-state index < -0.39 is 0 Å². The van der Waals surface area contributed by atoms with E-state index in [-0.39, 0.29) is 5.82 Å². The zero-order valence-electron chi connectivity index (χ0n) is 21.8. The van der Waals surface area contributed by atoms with Gasteiger partial charge in [0.2, 0.25) is 0 Å². The Balaban J connectivity index is 1.31. The SMILES string of the molecule is C=C(Nc1cncc(-c2ccc(N)c(C(=C)c3cc4c(-c5ccc(F)cc5)cccc4[nH]3)c2)c1)c1ccccc1. The summed E-state index contributed by atoms with van der Waals surface area (Å²) in [5.74, 6) is -0.257. The third kappa shape index (κ3) is 4.88. The van der Waals surface area contributed by atoms with E-state index in [2.05, 4.69) is 34.5 Å². The highest BCUT2D eigenvalue weighted by molar-refractivity contribution is 5.99. The first kappa shape index (κ1) is 24.9. The van der Waals surface area contributed by atoms with Gasteiger partial charge in [0.1, 0.15) is 5.82 Å². The van der Waals surface area contributed by atoms with E-state index in [0.717, 1.165) is 66.9 Å². The van der Waals surface area contributed by atoms with Gasteiger partial charge in [-0.2, -0.15) is 0 Å². The first-order valence-corrected chi connectivity index (χ1v) is 12.9. The van der Waals surface area contributed by atoms with Crippen LogP contribution in [0.15, 0.2) is 129 Å². The molecule has 0 unspecified atom stereocenters. The summed E-state index contributed by atoms with van der Waals surface area (Å²) in [6, 6.07) is 32.6. The number of halogens is 1. The van der Waals surface area contributed by atoms with Crippen LogP contribution < -0.4 is 11.1 Å². The number of fused-ring (bicyclic) bond motifs is 1. The van der Waals surface area contributed by atoms with Crippen molar-refractivity contribution in [2.24, 2.45) is 0 Å². The van der Waals surface area contributed by atoms with Crippen LogP contribution in [0.1, 0.15) is 16.8 Å². The highest BCUT2D eigenvalue weighted by Crippen LogP contribution is 2.35. The Morgan fingerprint density at radius 1 is 0.775 bits per heavy atom. The molecule has 0 bridgehead atoms. The Hall–Kier alpha value is -5.42. The van der Waals surface area contributed by atoms with E-state index in [9.17, 15) is 4.39 Å². The van der Waals surface area contributed by atoms with Crippen LogP contribution in [0, 0.1) is 5.82 Å². The molecule has 2 aromatic heterocycles. The van der Waals surface area contributed by atoms with Crippen LogP contribution in [0.3, 0.4) is 0 Å². The summed E-state index contributed by atoms with van der Waals surface area (Å²) in [6.07, 6.45) is 3.60. The molecule has 0 aliphatic carbocycles. The molecule has 0 spiro atoms. The number of aromatic amines is 1. The van der Waals surface area contributed by atoms with Gasteiger partial charge in [-0.25, -0.2) is 4.39 Å². The maximum absolute atomic E-state index is 13.5. The standard InChI is InChI=1S/C35H27FN4/c1-22(35-19-32-30(9-6-10-34(32)40-35)25-11-14-28(36)15-12-25)31-18-26(13-16-33(31)37)27-17-29(21-38-20-27)39-23(2)24-7-4-3-5-8-24/h3-21,39-40H,1-2,37H2. The van der Waals surface area contributed by atoms with Crippen LogP contribution in [-0.2, 0) is 0 Å². The minimum Gasteiger partial charge on any atom is -0.398 e. The lowest BCUT2D eigenvalue weighted by Gasteiger charge is -2.13. The molecule has 6 rings (SSSR count). The molecule has 0 radical (unpaired) electrons. The van der Waals surface area contributed by atoms with E-state index in [1.165, 1.54) is 12.1 Å². The first-order chi connectivity index (χ1) is 19.5. The lowest BCUT2D eigenvalue weighted by molar-refractivity contribution is 0.628. The predicted molar refractivity (Wildman–Crippen MR) is 165 cm³/mol. The average molecular weight is 523 g/mol. The van der Waals surface area contributed by atoms with Crippen molar-refractivity contribution in [3.05, 3.63) is 151 Å². The van der Waals surface area contributed by atoms with Gasteiger partial charge in [0.15, 0.2) is 0 Å². The number of aromatic nitrogens is 2. The van der Waals surface area contributed by atoms with Gasteiger partial charge < -0.3 is 16.0 Å². The molecule has 0 aliphatic rings. The van der Waals surface area contributed by atoms with Gasteiger partial charge in [0.05, 0.1) is 11.9 Å². The highest BCUT2D eigenvalue weighted by Gasteiger charge is 2.14. The van der Waals surface area contributed by atoms with Crippen molar-refractivity contribution in [1.29, 1.82) is 0 Å². The molecule has 4 aromatic carbocycles. The normalized spacial score (nSPS) is 10.9. The molecule has 0 amide bonds. The van der Waals surface area contributed by atoms with Crippen molar-refractivity contribution in [2.45, 2.75) is 0 Å². The Bertz CT molecular complexity index is 1870. The van der Waals surface area contributed by atoms with Gasteiger partial charge in [0.25, 0.3) is 0 Å². The molecule has 0 saturated carbocycles. The largest absolute Gasteiger partial charge is 0.398 e. The van der Waals surface area contributed by atoms with E-state index in [4.69, 9.17) is 5.73 Å². The molecule has 0 atom stereocenters. The van der Waals surface area contributed by atoms with Gasteiger partial charge in [-0.3, -0.25) is 4.98 Å². The van der Waals surface area contributed by atoms with Crippen LogP contribution in [0.25, 0.3) is 44.4 Å². The fourth-order valence-corrected chi connectivity index (χ4v) is 4.89. The van der Waals surface area contributed by atoms with Crippen molar-refractivity contribution in [2.75, 3.05) is 11.1 Å². The monoisotopic (exact) mass is 522 g/mol. The second-order valence-corrected chi connectivity index (χ2v) is 9.67. The van der Waals surface area contributed by atoms with Crippen molar-refractivity contribution in [1.82, 2.24) is 9.97 Å². The highest BCUT2D eigenvalue weighted by atomic mass is 19.1. The number of anilines is 2. The molecular formula is C35H27FN4. The summed E-state index contributed by atoms with van der Waals surface area (Å²) < 4.78 is 13.5. The van der Waals surface area contributed by atoms with E-state index in [0.29, 0.717) is 5.69 Å². The maximum atomic E-state index is 13.5. The zero-order chi connectivity index (χ0) is 27.6. The summed E-state index contributed by atoms with van der Waals surface area (Å²) in [5.41, 5.74) is 17.0. The molecule has 194 valence electrons. The topological polar surface area (TPSA) is 66.7 Å². The summed E-state index contributed by atoms with van der Waals surface area (Å²) in [6.45, 7) is 8.56. The number of nitrogens with one attached hydrogen (secondary N) is 2. The first-order valence-electron chi connectivity index (χ1n) is 12.9. The van der Waals surface area contributed by atoms with Gasteiger partial charge in [0, 0.05) is 50.9 Å². The molecule has 6 aromatic rings. The number of hydrogen-bond donors (Lipinski definition) is 3. The molecule has 0 aliphatic heterocycles. The summed E-state index contributed by atoms with van der Waals surface area (Å²) in [4.78, 5) is 7.94. The second kappa shape index (κ2) is 10.4. The van der Waals surface area contributed by atoms with Crippen LogP contribution in [0.4, 0.5) is 15.8 Å². The van der Waals surface area contributed by atoms with Crippen LogP contribution in [-0.4, -0.2) is 9.97 Å². The minimum absolute atomic E-state index is 0.257. The number of H-pyrrole nitrogens is 1. The minimum atomic E-state index is -0.257. The van der Waals surface area contributed by atoms with E-state index >= 15 is 0 Å². The number of nitrogens with two attached hydrogens (primary N) is 1. The zero-order valence-corrected chi connectivity index (χ0v) is 21.8. The summed E-state index contributed by atoms with van der Waals surface area (Å²) in [7, 11) is 0. The molecular weight excluding hydrogens is 495 g/mol. The molecule has 0 saturated heterocycles. The average Bonchev–Trinajstić information content (AvgIpc) is 3.43. The molecule has 4 nitrogen and oxygen atoms in total. The number of rotatable bonds is 7. The van der Waals surface area contributed by atoms with E-state index in [1.54, 1.807) is 18.3 Å². The Morgan fingerprint density at radius 3 is 2.35 bits per heavy atom. The predicted octanol–water partition coefficient (Wildman–Crippen LogP) is 8.76. The molecule has 40 heavy (non-hydrogen) atoms. The number of pyridine rings is 1. The summed E-state index contributed by atoms with van der Waals surface area (Å²) >= 11 is 0. The van der Waals surface area contributed by atoms with Crippen LogP contribution in [0.2, 0.25) is 0 Å². The van der Waals surface area contributed by atoms with Crippen LogP contribution >= 0.6 is 0 Å². The van der Waals surface area contributed by atoms with E-state index in [1.807, 2.05) is 79.0 Å². The number of nitrogens with zero attached hydrogens (tertiary/aromatic N) is 1. The summed E-state index contributed by atoms with van der Waals surface area (Å²) in [5, 5.41) is 4.38. The smallest absolute Gasteiger partial charge is 0.123 e. The lowest BCUT2D eigenvalue weighted by atomic mass is 9.96. The Morgan fingerprint density at radius 2 is 1.55 bits per heavy atom. The third-order valence-corrected chi connectivity index (χ3v) is 7.01. The molecule has 2 heterocycles. The Labute approximate surface area is 232 Å².